The third kappa shape index (κ3) is 3.32. The van der Waals surface area contributed by atoms with Gasteiger partial charge in [0.15, 0.2) is 21.3 Å². The molecule has 1 aromatic rings. The average molecular weight is 311 g/mol. The van der Waals surface area contributed by atoms with Crippen LogP contribution in [-0.4, -0.2) is 45.2 Å². The summed E-state index contributed by atoms with van der Waals surface area (Å²) in [6.07, 6.45) is 3.86. The van der Waals surface area contributed by atoms with Gasteiger partial charge in [0.2, 0.25) is 0 Å². The Morgan fingerprint density at radius 3 is 2.76 bits per heavy atom. The molecule has 0 bridgehead atoms. The summed E-state index contributed by atoms with van der Waals surface area (Å²) in [5.74, 6) is 1.52. The highest BCUT2D eigenvalue weighted by Gasteiger charge is 2.35. The Balaban J connectivity index is 1.57. The van der Waals surface area contributed by atoms with Gasteiger partial charge < -0.3 is 14.8 Å². The van der Waals surface area contributed by atoms with E-state index in [2.05, 4.69) is 5.32 Å². The number of nitrogens with one attached hydrogen (secondary N) is 1. The zero-order valence-corrected chi connectivity index (χ0v) is 12.9. The van der Waals surface area contributed by atoms with Gasteiger partial charge in [-0.25, -0.2) is 8.42 Å². The van der Waals surface area contributed by atoms with E-state index in [1.807, 2.05) is 24.3 Å². The molecule has 2 aliphatic rings. The maximum atomic E-state index is 11.8. The van der Waals surface area contributed by atoms with Crippen molar-refractivity contribution in [3.05, 3.63) is 24.3 Å². The van der Waals surface area contributed by atoms with E-state index in [4.69, 9.17) is 9.47 Å². The van der Waals surface area contributed by atoms with Crippen molar-refractivity contribution in [3.63, 3.8) is 0 Å². The van der Waals surface area contributed by atoms with Crippen LogP contribution in [0.4, 0.5) is 0 Å². The molecule has 21 heavy (non-hydrogen) atoms. The molecular weight excluding hydrogens is 290 g/mol. The van der Waals surface area contributed by atoms with Gasteiger partial charge in [0.1, 0.15) is 12.7 Å². The van der Waals surface area contributed by atoms with E-state index in [0.717, 1.165) is 30.8 Å². The van der Waals surface area contributed by atoms with Crippen molar-refractivity contribution in [2.45, 2.75) is 36.7 Å². The fourth-order valence-corrected chi connectivity index (χ4v) is 4.54. The lowest BCUT2D eigenvalue weighted by atomic mass is 10.2. The van der Waals surface area contributed by atoms with Crippen LogP contribution in [-0.2, 0) is 9.84 Å². The van der Waals surface area contributed by atoms with Crippen molar-refractivity contribution < 1.29 is 17.9 Å². The van der Waals surface area contributed by atoms with Crippen molar-refractivity contribution >= 4 is 9.84 Å². The molecule has 3 rings (SSSR count). The Morgan fingerprint density at radius 1 is 1.24 bits per heavy atom. The summed E-state index contributed by atoms with van der Waals surface area (Å²) in [6, 6.07) is 7.62. The number of ether oxygens (including phenoxy) is 2. The predicted molar refractivity (Wildman–Crippen MR) is 80.6 cm³/mol. The Hall–Kier alpha value is -1.27. The Morgan fingerprint density at radius 2 is 2.00 bits per heavy atom. The predicted octanol–water partition coefficient (Wildman–Crippen LogP) is 1.38. The third-order valence-electron chi connectivity index (χ3n) is 4.18. The molecule has 5 nitrogen and oxygen atoms in total. The molecule has 0 saturated heterocycles. The van der Waals surface area contributed by atoms with E-state index in [1.165, 1.54) is 6.26 Å². The number of fused-ring (bicyclic) bond motifs is 1. The summed E-state index contributed by atoms with van der Waals surface area (Å²) in [4.78, 5) is 0. The molecule has 0 spiro atoms. The van der Waals surface area contributed by atoms with Gasteiger partial charge in [0.05, 0.1) is 5.25 Å². The summed E-state index contributed by atoms with van der Waals surface area (Å²) < 4.78 is 35.1. The van der Waals surface area contributed by atoms with E-state index >= 15 is 0 Å². The summed E-state index contributed by atoms with van der Waals surface area (Å²) in [5.41, 5.74) is 0. The van der Waals surface area contributed by atoms with E-state index in [0.29, 0.717) is 13.2 Å². The highest BCUT2D eigenvalue weighted by molar-refractivity contribution is 7.91. The zero-order valence-electron chi connectivity index (χ0n) is 12.1. The molecule has 0 radical (unpaired) electrons. The lowest BCUT2D eigenvalue weighted by Gasteiger charge is -2.28. The first-order valence-corrected chi connectivity index (χ1v) is 9.30. The number of hydrogen-bond donors (Lipinski definition) is 1. The molecule has 116 valence electrons. The minimum absolute atomic E-state index is 0.0285. The maximum absolute atomic E-state index is 11.8. The minimum Gasteiger partial charge on any atom is -0.486 e. The molecule has 1 heterocycles. The van der Waals surface area contributed by atoms with Crippen molar-refractivity contribution in [2.75, 3.05) is 19.4 Å². The summed E-state index contributed by atoms with van der Waals surface area (Å²) in [5, 5.41) is 3.09. The first-order chi connectivity index (χ1) is 10.0. The first kappa shape index (κ1) is 14.7. The molecule has 6 heteroatoms. The Labute approximate surface area is 125 Å². The lowest BCUT2D eigenvalue weighted by Crippen LogP contribution is -2.46. The number of para-hydroxylation sites is 2. The van der Waals surface area contributed by atoms with E-state index in [9.17, 15) is 8.42 Å². The molecule has 1 N–H and O–H groups in total. The molecule has 1 fully saturated rings. The minimum atomic E-state index is -2.99. The van der Waals surface area contributed by atoms with Crippen LogP contribution in [0.1, 0.15) is 19.3 Å². The second kappa shape index (κ2) is 5.85. The zero-order chi connectivity index (χ0) is 14.9. The standard InChI is InChI=1S/C15H21NO4S/c1-21(17,18)15-8-4-5-12(15)16-9-11-10-19-13-6-2-3-7-14(13)20-11/h2-3,6-7,11-12,15-16H,4-5,8-10H2,1H3. The molecule has 1 aliphatic heterocycles. The van der Waals surface area contributed by atoms with E-state index < -0.39 is 9.84 Å². The lowest BCUT2D eigenvalue weighted by molar-refractivity contribution is 0.0884. The second-order valence-corrected chi connectivity index (χ2v) is 8.08. The second-order valence-electron chi connectivity index (χ2n) is 5.81. The van der Waals surface area contributed by atoms with Gasteiger partial charge in [0, 0.05) is 18.8 Å². The summed E-state index contributed by atoms with van der Waals surface area (Å²) in [7, 11) is -2.99. The molecule has 1 aromatic carbocycles. The van der Waals surface area contributed by atoms with E-state index in [1.54, 1.807) is 0 Å². The molecule has 1 saturated carbocycles. The first-order valence-electron chi connectivity index (χ1n) is 7.35. The number of hydrogen-bond acceptors (Lipinski definition) is 5. The topological polar surface area (TPSA) is 64.6 Å². The molecular formula is C15H21NO4S. The van der Waals surface area contributed by atoms with Gasteiger partial charge in [-0.3, -0.25) is 0 Å². The fourth-order valence-electron chi connectivity index (χ4n) is 3.12. The number of sulfone groups is 1. The van der Waals surface area contributed by atoms with Crippen LogP contribution in [0.25, 0.3) is 0 Å². The highest BCUT2D eigenvalue weighted by atomic mass is 32.2. The molecule has 0 aromatic heterocycles. The van der Waals surface area contributed by atoms with Gasteiger partial charge in [-0.1, -0.05) is 18.6 Å². The van der Waals surface area contributed by atoms with Crippen molar-refractivity contribution in [1.82, 2.24) is 5.32 Å². The van der Waals surface area contributed by atoms with E-state index in [-0.39, 0.29) is 17.4 Å². The Kier molecular flexibility index (Phi) is 4.08. The molecule has 0 amide bonds. The number of benzene rings is 1. The molecule has 3 atom stereocenters. The van der Waals surface area contributed by atoms with Crippen molar-refractivity contribution in [3.8, 4) is 11.5 Å². The van der Waals surface area contributed by atoms with Gasteiger partial charge in [-0.15, -0.1) is 0 Å². The van der Waals surface area contributed by atoms with Crippen molar-refractivity contribution in [2.24, 2.45) is 0 Å². The normalized spacial score (nSPS) is 28.5. The average Bonchev–Trinajstić information content (AvgIpc) is 2.93. The van der Waals surface area contributed by atoms with Crippen LogP contribution in [0.3, 0.4) is 0 Å². The quantitative estimate of drug-likeness (QED) is 0.910. The van der Waals surface area contributed by atoms with Crippen LogP contribution in [0.2, 0.25) is 0 Å². The van der Waals surface area contributed by atoms with Gasteiger partial charge in [0.25, 0.3) is 0 Å². The van der Waals surface area contributed by atoms with Crippen LogP contribution in [0.5, 0.6) is 11.5 Å². The largest absolute Gasteiger partial charge is 0.486 e. The van der Waals surface area contributed by atoms with Gasteiger partial charge >= 0.3 is 0 Å². The monoisotopic (exact) mass is 311 g/mol. The number of rotatable bonds is 4. The van der Waals surface area contributed by atoms with Gasteiger partial charge in [-0.05, 0) is 25.0 Å². The summed E-state index contributed by atoms with van der Waals surface area (Å²) >= 11 is 0. The van der Waals surface area contributed by atoms with Crippen LogP contribution >= 0.6 is 0 Å². The van der Waals surface area contributed by atoms with Crippen molar-refractivity contribution in [1.29, 1.82) is 0 Å². The van der Waals surface area contributed by atoms with Gasteiger partial charge in [-0.2, -0.15) is 0 Å². The Bertz CT molecular complexity index is 601. The highest BCUT2D eigenvalue weighted by Crippen LogP contribution is 2.31. The molecule has 1 aliphatic carbocycles. The van der Waals surface area contributed by atoms with Crippen LogP contribution < -0.4 is 14.8 Å². The third-order valence-corrected chi connectivity index (χ3v) is 5.84. The molecule has 3 unspecified atom stereocenters. The smallest absolute Gasteiger partial charge is 0.161 e. The maximum Gasteiger partial charge on any atom is 0.161 e. The fraction of sp³-hybridized carbons (Fsp3) is 0.600. The van der Waals surface area contributed by atoms with Crippen LogP contribution in [0, 0.1) is 0 Å². The van der Waals surface area contributed by atoms with Crippen LogP contribution in [0.15, 0.2) is 24.3 Å². The summed E-state index contributed by atoms with van der Waals surface area (Å²) in [6.45, 7) is 1.09. The SMILES string of the molecule is CS(=O)(=O)C1CCCC1NCC1COc2ccccc2O1.